The Morgan fingerprint density at radius 1 is 1.22 bits per heavy atom. The van der Waals surface area contributed by atoms with Gasteiger partial charge in [0.2, 0.25) is 5.91 Å². The Balaban J connectivity index is 4.71. The van der Waals surface area contributed by atoms with Crippen molar-refractivity contribution >= 4 is 12.0 Å². The topological polar surface area (TPSA) is 67.9 Å². The van der Waals surface area contributed by atoms with Crippen molar-refractivity contribution in [2.45, 2.75) is 45.4 Å². The van der Waals surface area contributed by atoms with Gasteiger partial charge in [0.05, 0.1) is 6.10 Å². The van der Waals surface area contributed by atoms with Crippen molar-refractivity contribution in [2.75, 3.05) is 21.2 Å². The van der Waals surface area contributed by atoms with Crippen LogP contribution in [0.1, 0.15) is 27.7 Å². The molecule has 0 heterocycles. The summed E-state index contributed by atoms with van der Waals surface area (Å²) in [5.74, 6) is -0.241. The van der Waals surface area contributed by atoms with Gasteiger partial charge in [0, 0.05) is 21.2 Å². The van der Waals surface area contributed by atoms with Gasteiger partial charge in [-0.25, -0.2) is 4.79 Å². The Morgan fingerprint density at radius 3 is 2.06 bits per heavy atom. The molecule has 1 N–H and O–H groups in total. The summed E-state index contributed by atoms with van der Waals surface area (Å²) < 4.78 is 10.2. The van der Waals surface area contributed by atoms with Crippen LogP contribution in [0.3, 0.4) is 0 Å². The number of carbonyl (C=O) groups excluding carboxylic acids is 2. The zero-order chi connectivity index (χ0) is 14.5. The Kier molecular flexibility index (Phi) is 6.11. The predicted octanol–water partition coefficient (Wildman–Crippen LogP) is 1.00. The number of amides is 2. The zero-order valence-corrected chi connectivity index (χ0v) is 12.2. The smallest absolute Gasteiger partial charge is 0.408 e. The Labute approximate surface area is 109 Å². The minimum atomic E-state index is -0.764. The molecule has 18 heavy (non-hydrogen) atoms. The van der Waals surface area contributed by atoms with Crippen LogP contribution in [0.4, 0.5) is 4.79 Å². The molecule has 1 unspecified atom stereocenters. The molecule has 0 aliphatic heterocycles. The summed E-state index contributed by atoms with van der Waals surface area (Å²) in [6.45, 7) is 6.99. The number of ether oxygens (including phenoxy) is 2. The maximum absolute atomic E-state index is 11.9. The molecule has 0 aliphatic carbocycles. The molecule has 0 saturated heterocycles. The molecule has 0 aromatic heterocycles. The van der Waals surface area contributed by atoms with Gasteiger partial charge in [0.1, 0.15) is 11.6 Å². The van der Waals surface area contributed by atoms with Crippen molar-refractivity contribution in [1.29, 1.82) is 0 Å². The molecule has 6 nitrogen and oxygen atoms in total. The van der Waals surface area contributed by atoms with Crippen molar-refractivity contribution in [3.63, 3.8) is 0 Å². The SMILES string of the molecule is COC(C)[C@H](NC(=O)OC(C)(C)C)C(=O)N(C)C. The fourth-order valence-corrected chi connectivity index (χ4v) is 1.23. The van der Waals surface area contributed by atoms with E-state index in [1.807, 2.05) is 0 Å². The van der Waals surface area contributed by atoms with E-state index in [-0.39, 0.29) is 5.91 Å². The normalized spacial score (nSPS) is 14.6. The second-order valence-electron chi connectivity index (χ2n) is 5.30. The number of nitrogens with one attached hydrogen (secondary N) is 1. The third-order valence-corrected chi connectivity index (χ3v) is 2.22. The molecular weight excluding hydrogens is 236 g/mol. The highest BCUT2D eigenvalue weighted by molar-refractivity contribution is 5.86. The summed E-state index contributed by atoms with van der Waals surface area (Å²) in [5, 5.41) is 2.53. The van der Waals surface area contributed by atoms with Crippen molar-refractivity contribution in [2.24, 2.45) is 0 Å². The van der Waals surface area contributed by atoms with Crippen molar-refractivity contribution in [1.82, 2.24) is 10.2 Å². The highest BCUT2D eigenvalue weighted by Crippen LogP contribution is 2.08. The fraction of sp³-hybridized carbons (Fsp3) is 0.833. The Bertz CT molecular complexity index is 297. The number of carbonyl (C=O) groups is 2. The largest absolute Gasteiger partial charge is 0.444 e. The molecular formula is C12H24N2O4. The average Bonchev–Trinajstić information content (AvgIpc) is 2.21. The maximum Gasteiger partial charge on any atom is 0.408 e. The van der Waals surface area contributed by atoms with Crippen LogP contribution in [0, 0.1) is 0 Å². The molecule has 0 rings (SSSR count). The Hall–Kier alpha value is -1.30. The maximum atomic E-state index is 11.9. The van der Waals surface area contributed by atoms with Crippen LogP contribution in [0.2, 0.25) is 0 Å². The van der Waals surface area contributed by atoms with Crippen LogP contribution in [0.5, 0.6) is 0 Å². The van der Waals surface area contributed by atoms with Gasteiger partial charge in [-0.3, -0.25) is 4.79 Å². The number of likely N-dealkylation sites (N-methyl/N-ethyl adjacent to an activating group) is 1. The van der Waals surface area contributed by atoms with E-state index in [0.29, 0.717) is 0 Å². The molecule has 0 saturated carbocycles. The number of methoxy groups -OCH3 is 1. The minimum Gasteiger partial charge on any atom is -0.444 e. The lowest BCUT2D eigenvalue weighted by Crippen LogP contribution is -2.53. The lowest BCUT2D eigenvalue weighted by atomic mass is 10.1. The van der Waals surface area contributed by atoms with Crippen LogP contribution in [0.25, 0.3) is 0 Å². The second-order valence-corrected chi connectivity index (χ2v) is 5.30. The molecule has 2 atom stereocenters. The first-order chi connectivity index (χ1) is 8.08. The average molecular weight is 260 g/mol. The molecule has 0 radical (unpaired) electrons. The number of alkyl carbamates (subject to hydrolysis) is 1. The van der Waals surface area contributed by atoms with Gasteiger partial charge < -0.3 is 19.7 Å². The summed E-state index contributed by atoms with van der Waals surface area (Å²) >= 11 is 0. The number of hydrogen-bond acceptors (Lipinski definition) is 4. The summed E-state index contributed by atoms with van der Waals surface area (Å²) in [7, 11) is 4.72. The first kappa shape index (κ1) is 16.7. The van der Waals surface area contributed by atoms with E-state index in [4.69, 9.17) is 9.47 Å². The lowest BCUT2D eigenvalue weighted by Gasteiger charge is -2.27. The molecule has 0 fully saturated rings. The van der Waals surface area contributed by atoms with Crippen LogP contribution in [-0.4, -0.2) is 55.9 Å². The predicted molar refractivity (Wildman–Crippen MR) is 68.3 cm³/mol. The van der Waals surface area contributed by atoms with E-state index < -0.39 is 23.8 Å². The van der Waals surface area contributed by atoms with Crippen LogP contribution >= 0.6 is 0 Å². The van der Waals surface area contributed by atoms with Crippen molar-refractivity contribution in [3.8, 4) is 0 Å². The molecule has 2 amide bonds. The summed E-state index contributed by atoms with van der Waals surface area (Å²) in [6.07, 6.45) is -1.07. The second kappa shape index (κ2) is 6.58. The summed E-state index contributed by atoms with van der Waals surface area (Å²) in [6, 6.07) is -0.764. The zero-order valence-electron chi connectivity index (χ0n) is 12.2. The van der Waals surface area contributed by atoms with Gasteiger partial charge in [0.15, 0.2) is 0 Å². The summed E-state index contributed by atoms with van der Waals surface area (Å²) in [5.41, 5.74) is -0.605. The Morgan fingerprint density at radius 2 is 1.72 bits per heavy atom. The van der Waals surface area contributed by atoms with E-state index in [9.17, 15) is 9.59 Å². The quantitative estimate of drug-likeness (QED) is 0.819. The van der Waals surface area contributed by atoms with Crippen molar-refractivity contribution < 1.29 is 19.1 Å². The van der Waals surface area contributed by atoms with Crippen LogP contribution in [-0.2, 0) is 14.3 Å². The standard InChI is InChI=1S/C12H24N2O4/c1-8(17-7)9(10(15)14(5)6)13-11(16)18-12(2,3)4/h8-9H,1-7H3,(H,13,16)/t8?,9-/m0/s1. The van der Waals surface area contributed by atoms with Crippen LogP contribution < -0.4 is 5.32 Å². The van der Waals surface area contributed by atoms with E-state index >= 15 is 0 Å². The first-order valence-electron chi connectivity index (χ1n) is 5.82. The molecule has 0 aromatic rings. The fourth-order valence-electron chi connectivity index (χ4n) is 1.23. The van der Waals surface area contributed by atoms with E-state index in [1.54, 1.807) is 41.8 Å². The van der Waals surface area contributed by atoms with Gasteiger partial charge in [-0.05, 0) is 27.7 Å². The molecule has 6 heteroatoms. The van der Waals surface area contributed by atoms with Gasteiger partial charge >= 0.3 is 6.09 Å². The summed E-state index contributed by atoms with van der Waals surface area (Å²) in [4.78, 5) is 25.0. The number of hydrogen-bond donors (Lipinski definition) is 1. The minimum absolute atomic E-state index is 0.241. The highest BCUT2D eigenvalue weighted by Gasteiger charge is 2.30. The van der Waals surface area contributed by atoms with Gasteiger partial charge in [0.25, 0.3) is 0 Å². The van der Waals surface area contributed by atoms with Crippen molar-refractivity contribution in [3.05, 3.63) is 0 Å². The van der Waals surface area contributed by atoms with Gasteiger partial charge in [-0.1, -0.05) is 0 Å². The third kappa shape index (κ3) is 5.86. The third-order valence-electron chi connectivity index (χ3n) is 2.22. The first-order valence-corrected chi connectivity index (χ1v) is 5.82. The van der Waals surface area contributed by atoms with E-state index in [2.05, 4.69) is 5.32 Å². The van der Waals surface area contributed by atoms with E-state index in [0.717, 1.165) is 0 Å². The number of rotatable bonds is 4. The molecule has 0 aliphatic rings. The van der Waals surface area contributed by atoms with Crippen LogP contribution in [0.15, 0.2) is 0 Å². The van der Waals surface area contributed by atoms with E-state index in [1.165, 1.54) is 12.0 Å². The lowest BCUT2D eigenvalue weighted by molar-refractivity contribution is -0.134. The van der Waals surface area contributed by atoms with Gasteiger partial charge in [-0.2, -0.15) is 0 Å². The molecule has 106 valence electrons. The number of nitrogens with zero attached hydrogens (tertiary/aromatic N) is 1. The molecule has 0 aromatic carbocycles. The molecule has 0 bridgehead atoms. The molecule has 0 spiro atoms. The van der Waals surface area contributed by atoms with Gasteiger partial charge in [-0.15, -0.1) is 0 Å². The monoisotopic (exact) mass is 260 g/mol. The highest BCUT2D eigenvalue weighted by atomic mass is 16.6.